The van der Waals surface area contributed by atoms with Crippen LogP contribution >= 0.6 is 0 Å². The minimum atomic E-state index is -0.0619. The second-order valence-electron chi connectivity index (χ2n) is 6.81. The van der Waals surface area contributed by atoms with Crippen molar-refractivity contribution >= 4 is 21.9 Å². The number of aromatic amines is 1. The maximum atomic E-state index is 12.4. The summed E-state index contributed by atoms with van der Waals surface area (Å²) in [6, 6.07) is 15.6. The number of aromatic nitrogens is 4. The number of hydrogen-bond donors (Lipinski definition) is 1. The van der Waals surface area contributed by atoms with E-state index >= 15 is 0 Å². The molecule has 0 amide bonds. The molecule has 1 N–H and O–H groups in total. The fraction of sp³-hybridized carbons (Fsp3) is 0.0909. The number of fused-ring (bicyclic) bond motifs is 2. The van der Waals surface area contributed by atoms with E-state index in [0.29, 0.717) is 11.3 Å². The van der Waals surface area contributed by atoms with Crippen molar-refractivity contribution in [3.8, 4) is 22.6 Å². The van der Waals surface area contributed by atoms with Crippen LogP contribution < -0.4 is 10.3 Å². The van der Waals surface area contributed by atoms with Gasteiger partial charge in [0.05, 0.1) is 11.8 Å². The maximum Gasteiger partial charge on any atom is 0.274 e. The van der Waals surface area contributed by atoms with Gasteiger partial charge >= 0.3 is 0 Å². The zero-order valence-electron chi connectivity index (χ0n) is 15.5. The molecule has 0 aliphatic carbocycles. The highest BCUT2D eigenvalue weighted by atomic mass is 16.5. The minimum Gasteiger partial charge on any atom is -0.454 e. The van der Waals surface area contributed by atoms with Crippen LogP contribution in [0.5, 0.6) is 11.5 Å². The Morgan fingerprint density at radius 1 is 0.964 bits per heavy atom. The van der Waals surface area contributed by atoms with Crippen LogP contribution in [0.3, 0.4) is 0 Å². The molecule has 5 aromatic rings. The third-order valence-corrected chi connectivity index (χ3v) is 5.00. The van der Waals surface area contributed by atoms with E-state index in [4.69, 9.17) is 4.74 Å². The summed E-state index contributed by atoms with van der Waals surface area (Å²) in [4.78, 5) is 20.1. The summed E-state index contributed by atoms with van der Waals surface area (Å²) in [6.07, 6.45) is 5.41. The number of H-pyrrole nitrogens is 1. The second kappa shape index (κ2) is 6.13. The number of imidazole rings is 1. The third-order valence-electron chi connectivity index (χ3n) is 5.00. The fourth-order valence-corrected chi connectivity index (χ4v) is 3.58. The van der Waals surface area contributed by atoms with E-state index in [2.05, 4.69) is 9.97 Å². The molecule has 138 valence electrons. The van der Waals surface area contributed by atoms with Crippen molar-refractivity contribution < 1.29 is 4.74 Å². The van der Waals surface area contributed by atoms with E-state index in [9.17, 15) is 4.79 Å². The van der Waals surface area contributed by atoms with Gasteiger partial charge in [0.15, 0.2) is 5.75 Å². The largest absolute Gasteiger partial charge is 0.454 e. The van der Waals surface area contributed by atoms with E-state index in [1.807, 2.05) is 66.3 Å². The topological polar surface area (TPSA) is 64.8 Å². The molecule has 0 spiro atoms. The van der Waals surface area contributed by atoms with Gasteiger partial charge in [-0.15, -0.1) is 0 Å². The summed E-state index contributed by atoms with van der Waals surface area (Å²) in [7, 11) is 3.71. The van der Waals surface area contributed by atoms with Crippen molar-refractivity contribution in [1.29, 1.82) is 0 Å². The first-order valence-corrected chi connectivity index (χ1v) is 8.97. The van der Waals surface area contributed by atoms with Gasteiger partial charge in [0.1, 0.15) is 16.8 Å². The molecule has 6 heteroatoms. The van der Waals surface area contributed by atoms with E-state index in [1.54, 1.807) is 24.1 Å². The Balaban J connectivity index is 1.83. The zero-order chi connectivity index (χ0) is 19.3. The Kier molecular flexibility index (Phi) is 3.58. The molecule has 0 atom stereocenters. The average Bonchev–Trinajstić information content (AvgIpc) is 3.34. The van der Waals surface area contributed by atoms with Gasteiger partial charge in [-0.1, -0.05) is 18.2 Å². The summed E-state index contributed by atoms with van der Waals surface area (Å²) < 4.78 is 9.86. The van der Waals surface area contributed by atoms with Crippen LogP contribution in [0, 0.1) is 0 Å². The van der Waals surface area contributed by atoms with Crippen LogP contribution in [0.4, 0.5) is 0 Å². The van der Waals surface area contributed by atoms with Crippen molar-refractivity contribution in [1.82, 2.24) is 19.1 Å². The summed E-state index contributed by atoms with van der Waals surface area (Å²) >= 11 is 0. The lowest BCUT2D eigenvalue weighted by molar-refractivity contribution is 0.489. The standard InChI is InChI=1S/C22H18N4O2/c1-25-12-17(15-10-11-23-19(15)22(25)27)16-8-9-18-20(24-13-26(18)2)21(16)28-14-6-4-3-5-7-14/h3-13,23H,1-2H3. The van der Waals surface area contributed by atoms with Crippen molar-refractivity contribution in [3.63, 3.8) is 0 Å². The first-order chi connectivity index (χ1) is 13.6. The van der Waals surface area contributed by atoms with Crippen LogP contribution in [-0.4, -0.2) is 19.1 Å². The van der Waals surface area contributed by atoms with Crippen molar-refractivity contribution in [2.24, 2.45) is 14.1 Å². The van der Waals surface area contributed by atoms with Crippen LogP contribution in [0.25, 0.3) is 33.1 Å². The van der Waals surface area contributed by atoms with Gasteiger partial charge in [-0.05, 0) is 30.3 Å². The first kappa shape index (κ1) is 16.4. The number of ether oxygens (including phenoxy) is 1. The van der Waals surface area contributed by atoms with E-state index < -0.39 is 0 Å². The molecule has 3 heterocycles. The monoisotopic (exact) mass is 370 g/mol. The van der Waals surface area contributed by atoms with Gasteiger partial charge in [0.25, 0.3) is 5.56 Å². The van der Waals surface area contributed by atoms with E-state index in [-0.39, 0.29) is 5.56 Å². The lowest BCUT2D eigenvalue weighted by Gasteiger charge is -2.14. The molecule has 0 bridgehead atoms. The SMILES string of the molecule is Cn1cc(-c2ccc3c(ncn3C)c2Oc2ccccc2)c2cc[nH]c2c1=O. The molecular weight excluding hydrogens is 352 g/mol. The summed E-state index contributed by atoms with van der Waals surface area (Å²) in [5, 5.41) is 0.858. The molecule has 0 saturated carbocycles. The Labute approximate surface area is 160 Å². The van der Waals surface area contributed by atoms with Gasteiger partial charge < -0.3 is 18.9 Å². The van der Waals surface area contributed by atoms with Gasteiger partial charge in [-0.2, -0.15) is 0 Å². The van der Waals surface area contributed by atoms with Gasteiger partial charge in [-0.3, -0.25) is 4.79 Å². The Morgan fingerprint density at radius 2 is 1.79 bits per heavy atom. The normalized spacial score (nSPS) is 11.4. The number of hydrogen-bond acceptors (Lipinski definition) is 3. The highest BCUT2D eigenvalue weighted by Crippen LogP contribution is 2.40. The molecule has 0 saturated heterocycles. The number of nitrogens with one attached hydrogen (secondary N) is 1. The molecule has 5 rings (SSSR count). The fourth-order valence-electron chi connectivity index (χ4n) is 3.58. The summed E-state index contributed by atoms with van der Waals surface area (Å²) in [5.74, 6) is 1.41. The Bertz CT molecular complexity index is 1380. The molecule has 0 fully saturated rings. The Hall–Kier alpha value is -3.80. The molecule has 0 aliphatic heterocycles. The highest BCUT2D eigenvalue weighted by molar-refractivity contribution is 6.00. The molecule has 28 heavy (non-hydrogen) atoms. The quantitative estimate of drug-likeness (QED) is 0.517. The molecule has 2 aromatic carbocycles. The lowest BCUT2D eigenvalue weighted by atomic mass is 10.0. The third kappa shape index (κ3) is 2.42. The van der Waals surface area contributed by atoms with Crippen LogP contribution in [0.1, 0.15) is 0 Å². The molecule has 0 unspecified atom stereocenters. The molecule has 0 radical (unpaired) electrons. The van der Waals surface area contributed by atoms with Gasteiger partial charge in [-0.25, -0.2) is 4.98 Å². The van der Waals surface area contributed by atoms with Crippen molar-refractivity contribution in [2.45, 2.75) is 0 Å². The Morgan fingerprint density at radius 3 is 2.61 bits per heavy atom. The molecule has 3 aromatic heterocycles. The summed E-state index contributed by atoms with van der Waals surface area (Å²) in [6.45, 7) is 0. The van der Waals surface area contributed by atoms with Crippen LogP contribution in [0.2, 0.25) is 0 Å². The number of rotatable bonds is 3. The van der Waals surface area contributed by atoms with E-state index in [0.717, 1.165) is 33.3 Å². The number of aryl methyl sites for hydroxylation is 2. The van der Waals surface area contributed by atoms with Crippen LogP contribution in [-0.2, 0) is 14.1 Å². The average molecular weight is 370 g/mol. The number of benzene rings is 2. The number of pyridine rings is 1. The van der Waals surface area contributed by atoms with E-state index in [1.165, 1.54) is 0 Å². The zero-order valence-corrected chi connectivity index (χ0v) is 15.5. The maximum absolute atomic E-state index is 12.4. The predicted octanol–water partition coefficient (Wildman–Crippen LogP) is 4.21. The van der Waals surface area contributed by atoms with Crippen molar-refractivity contribution in [2.75, 3.05) is 0 Å². The minimum absolute atomic E-state index is 0.0619. The van der Waals surface area contributed by atoms with Gasteiger partial charge in [0, 0.05) is 43.0 Å². The molecule has 6 nitrogen and oxygen atoms in total. The van der Waals surface area contributed by atoms with Crippen LogP contribution in [0.15, 0.2) is 72.0 Å². The van der Waals surface area contributed by atoms with Crippen molar-refractivity contribution in [3.05, 3.63) is 77.6 Å². The number of nitrogens with zero attached hydrogens (tertiary/aromatic N) is 3. The smallest absolute Gasteiger partial charge is 0.274 e. The lowest BCUT2D eigenvalue weighted by Crippen LogP contribution is -2.16. The molecular formula is C22H18N4O2. The predicted molar refractivity (Wildman–Crippen MR) is 110 cm³/mol. The second-order valence-corrected chi connectivity index (χ2v) is 6.81. The molecule has 0 aliphatic rings. The number of para-hydroxylation sites is 1. The first-order valence-electron chi connectivity index (χ1n) is 8.97. The highest BCUT2D eigenvalue weighted by Gasteiger charge is 2.19. The summed E-state index contributed by atoms with van der Waals surface area (Å²) in [5.41, 5.74) is 4.07. The van der Waals surface area contributed by atoms with Gasteiger partial charge in [0.2, 0.25) is 0 Å².